The van der Waals surface area contributed by atoms with E-state index in [1.165, 1.54) is 0 Å². The van der Waals surface area contributed by atoms with Crippen LogP contribution in [0.25, 0.3) is 0 Å². The standard InChI is InChI=1S/C20H38N4O4Si/c1-19(2,3)27-18(25)23-13-14(28-29(8,9)20(4,5)6)12-22-17-15(21)10-11-16(24-17)26-7/h10-11,14H,12-13,21H2,1-9H3,(H,22,24)(H,23,25)/t14-/m0/s1. The van der Waals surface area contributed by atoms with Gasteiger partial charge < -0.3 is 30.3 Å². The molecule has 8 nitrogen and oxygen atoms in total. The molecule has 0 aliphatic rings. The molecule has 1 atom stereocenters. The number of hydrogen-bond acceptors (Lipinski definition) is 7. The molecule has 0 unspecified atom stereocenters. The summed E-state index contributed by atoms with van der Waals surface area (Å²) in [7, 11) is -0.513. The van der Waals surface area contributed by atoms with Crippen molar-refractivity contribution >= 4 is 25.9 Å². The lowest BCUT2D eigenvalue weighted by Crippen LogP contribution is -2.49. The lowest BCUT2D eigenvalue weighted by atomic mass is 10.2. The van der Waals surface area contributed by atoms with Crippen LogP contribution in [0, 0.1) is 0 Å². The number of anilines is 2. The molecule has 166 valence electrons. The van der Waals surface area contributed by atoms with Crippen LogP contribution in [0.4, 0.5) is 16.3 Å². The van der Waals surface area contributed by atoms with Gasteiger partial charge in [0, 0.05) is 19.2 Å². The quantitative estimate of drug-likeness (QED) is 0.539. The van der Waals surface area contributed by atoms with Crippen molar-refractivity contribution in [3.05, 3.63) is 12.1 Å². The first kappa shape index (κ1) is 25.0. The van der Waals surface area contributed by atoms with E-state index in [9.17, 15) is 4.79 Å². The summed E-state index contributed by atoms with van der Waals surface area (Å²) in [6, 6.07) is 3.44. The zero-order chi connectivity index (χ0) is 22.5. The first-order chi connectivity index (χ1) is 13.1. The fourth-order valence-electron chi connectivity index (χ4n) is 2.18. The van der Waals surface area contributed by atoms with Crippen LogP contribution in [-0.2, 0) is 9.16 Å². The van der Waals surface area contributed by atoms with Gasteiger partial charge in [-0.15, -0.1) is 0 Å². The van der Waals surface area contributed by atoms with Gasteiger partial charge in [0.2, 0.25) is 5.88 Å². The summed E-state index contributed by atoms with van der Waals surface area (Å²) in [5, 5.41) is 6.06. The number of nitrogens with two attached hydrogens (primary N) is 1. The van der Waals surface area contributed by atoms with Gasteiger partial charge in [0.1, 0.15) is 5.60 Å². The number of nitrogen functional groups attached to an aromatic ring is 1. The third-order valence-corrected chi connectivity index (χ3v) is 9.28. The lowest BCUT2D eigenvalue weighted by molar-refractivity contribution is 0.0500. The first-order valence-corrected chi connectivity index (χ1v) is 12.7. The number of nitrogens with zero attached hydrogens (tertiary/aromatic N) is 1. The molecule has 1 heterocycles. The van der Waals surface area contributed by atoms with Crippen LogP contribution in [0.1, 0.15) is 41.5 Å². The van der Waals surface area contributed by atoms with E-state index in [1.54, 1.807) is 19.2 Å². The number of carbonyl (C=O) groups is 1. The summed E-state index contributed by atoms with van der Waals surface area (Å²) in [4.78, 5) is 16.4. The molecule has 0 aliphatic carbocycles. The predicted molar refractivity (Wildman–Crippen MR) is 120 cm³/mol. The molecular formula is C20H38N4O4Si. The molecule has 9 heteroatoms. The summed E-state index contributed by atoms with van der Waals surface area (Å²) in [5.74, 6) is 0.987. The second-order valence-electron chi connectivity index (χ2n) is 9.56. The minimum atomic E-state index is -2.06. The minimum absolute atomic E-state index is 0.0322. The van der Waals surface area contributed by atoms with E-state index >= 15 is 0 Å². The number of amides is 1. The zero-order valence-electron chi connectivity index (χ0n) is 19.3. The first-order valence-electron chi connectivity index (χ1n) is 9.83. The molecular weight excluding hydrogens is 388 g/mol. The number of rotatable bonds is 8. The number of carbonyl (C=O) groups excluding carboxylic acids is 1. The third kappa shape index (κ3) is 8.49. The average Bonchev–Trinajstić information content (AvgIpc) is 2.55. The fourth-order valence-corrected chi connectivity index (χ4v) is 3.53. The van der Waals surface area contributed by atoms with Crippen molar-refractivity contribution in [1.82, 2.24) is 10.3 Å². The van der Waals surface area contributed by atoms with Gasteiger partial charge >= 0.3 is 6.09 Å². The maximum Gasteiger partial charge on any atom is 0.407 e. The third-order valence-electron chi connectivity index (χ3n) is 4.75. The second-order valence-corrected chi connectivity index (χ2v) is 14.3. The SMILES string of the molecule is COc1ccc(N)c(NC[C@@H](CNC(=O)OC(C)(C)C)O[Si](C)(C)C(C)(C)C)n1. The molecule has 0 fully saturated rings. The van der Waals surface area contributed by atoms with Crippen molar-refractivity contribution < 1.29 is 18.7 Å². The zero-order valence-corrected chi connectivity index (χ0v) is 20.3. The smallest absolute Gasteiger partial charge is 0.407 e. The topological polar surface area (TPSA) is 108 Å². The van der Waals surface area contributed by atoms with Crippen molar-refractivity contribution in [2.24, 2.45) is 0 Å². The van der Waals surface area contributed by atoms with Crippen LogP contribution in [0.15, 0.2) is 12.1 Å². The normalized spacial score (nSPS) is 13.6. The van der Waals surface area contributed by atoms with Crippen LogP contribution in [0.2, 0.25) is 18.1 Å². The van der Waals surface area contributed by atoms with Gasteiger partial charge in [-0.25, -0.2) is 4.79 Å². The van der Waals surface area contributed by atoms with Gasteiger partial charge in [-0.05, 0) is 45.0 Å². The molecule has 1 aromatic heterocycles. The molecule has 1 aromatic rings. The molecule has 4 N–H and O–H groups in total. The summed E-state index contributed by atoms with van der Waals surface area (Å²) in [6.07, 6.45) is -0.754. The Bertz CT molecular complexity index is 684. The highest BCUT2D eigenvalue weighted by Gasteiger charge is 2.39. The van der Waals surface area contributed by atoms with E-state index in [1.807, 2.05) is 20.8 Å². The average molecular weight is 427 g/mol. The molecule has 0 aliphatic heterocycles. The monoisotopic (exact) mass is 426 g/mol. The largest absolute Gasteiger partial charge is 0.481 e. The van der Waals surface area contributed by atoms with E-state index in [-0.39, 0.29) is 11.1 Å². The van der Waals surface area contributed by atoms with Crippen LogP contribution in [0.5, 0.6) is 5.88 Å². The molecule has 1 rings (SSSR count). The summed E-state index contributed by atoms with van der Waals surface area (Å²) < 4.78 is 17.0. The Balaban J connectivity index is 2.88. The van der Waals surface area contributed by atoms with E-state index in [4.69, 9.17) is 19.6 Å². The molecule has 0 radical (unpaired) electrons. The van der Waals surface area contributed by atoms with Gasteiger partial charge in [0.05, 0.1) is 18.9 Å². The highest BCUT2D eigenvalue weighted by molar-refractivity contribution is 6.74. The molecule has 29 heavy (non-hydrogen) atoms. The van der Waals surface area contributed by atoms with Crippen LogP contribution >= 0.6 is 0 Å². The van der Waals surface area contributed by atoms with Crippen molar-refractivity contribution in [1.29, 1.82) is 0 Å². The Labute approximate surface area is 176 Å². The fraction of sp³-hybridized carbons (Fsp3) is 0.700. The number of ether oxygens (including phenoxy) is 2. The van der Waals surface area contributed by atoms with E-state index in [2.05, 4.69) is 49.5 Å². The molecule has 0 saturated carbocycles. The molecule has 0 bridgehead atoms. The maximum absolute atomic E-state index is 12.1. The highest BCUT2D eigenvalue weighted by Crippen LogP contribution is 2.37. The highest BCUT2D eigenvalue weighted by atomic mass is 28.4. The van der Waals surface area contributed by atoms with E-state index in [0.717, 1.165) is 0 Å². The predicted octanol–water partition coefficient (Wildman–Crippen LogP) is 4.00. The molecule has 0 aromatic carbocycles. The Kier molecular flexibility index (Phi) is 8.34. The summed E-state index contributed by atoms with van der Waals surface area (Å²) in [5.41, 5.74) is 5.97. The van der Waals surface area contributed by atoms with E-state index in [0.29, 0.717) is 30.5 Å². The van der Waals surface area contributed by atoms with Crippen LogP contribution in [-0.4, -0.2) is 51.3 Å². The van der Waals surface area contributed by atoms with Gasteiger partial charge in [0.25, 0.3) is 0 Å². The lowest BCUT2D eigenvalue weighted by Gasteiger charge is -2.39. The number of nitrogens with one attached hydrogen (secondary N) is 2. The van der Waals surface area contributed by atoms with Crippen molar-refractivity contribution in [3.8, 4) is 5.88 Å². The van der Waals surface area contributed by atoms with Gasteiger partial charge in [-0.1, -0.05) is 20.8 Å². The van der Waals surface area contributed by atoms with Gasteiger partial charge in [-0.2, -0.15) is 4.98 Å². The van der Waals surface area contributed by atoms with Crippen molar-refractivity contribution in [2.45, 2.75) is 71.4 Å². The molecule has 0 spiro atoms. The van der Waals surface area contributed by atoms with E-state index < -0.39 is 20.0 Å². The van der Waals surface area contributed by atoms with Gasteiger partial charge in [-0.3, -0.25) is 0 Å². The minimum Gasteiger partial charge on any atom is -0.481 e. The van der Waals surface area contributed by atoms with Crippen LogP contribution in [0.3, 0.4) is 0 Å². The Morgan fingerprint density at radius 1 is 1.17 bits per heavy atom. The summed E-state index contributed by atoms with van der Waals surface area (Å²) in [6.45, 7) is 17.1. The molecule has 0 saturated heterocycles. The number of pyridine rings is 1. The summed E-state index contributed by atoms with van der Waals surface area (Å²) >= 11 is 0. The number of alkyl carbamates (subject to hydrolysis) is 1. The van der Waals surface area contributed by atoms with Crippen molar-refractivity contribution in [2.75, 3.05) is 31.2 Å². The number of hydrogen-bond donors (Lipinski definition) is 3. The Morgan fingerprint density at radius 2 is 1.79 bits per heavy atom. The second kappa shape index (κ2) is 9.66. The molecule has 1 amide bonds. The number of aromatic nitrogens is 1. The Hall–Kier alpha value is -2.00. The van der Waals surface area contributed by atoms with Gasteiger partial charge in [0.15, 0.2) is 14.1 Å². The maximum atomic E-state index is 12.1. The number of methoxy groups -OCH3 is 1. The van der Waals surface area contributed by atoms with Crippen molar-refractivity contribution in [3.63, 3.8) is 0 Å². The Morgan fingerprint density at radius 3 is 2.31 bits per heavy atom. The van der Waals surface area contributed by atoms with Crippen LogP contribution < -0.4 is 21.1 Å².